The Bertz CT molecular complexity index is 1790. The van der Waals surface area contributed by atoms with E-state index in [4.69, 9.17) is 21.1 Å². The van der Waals surface area contributed by atoms with E-state index in [9.17, 15) is 14.7 Å². The lowest BCUT2D eigenvalue weighted by Crippen LogP contribution is -2.48. The van der Waals surface area contributed by atoms with Crippen LogP contribution in [0.2, 0.25) is 5.02 Å². The van der Waals surface area contributed by atoms with E-state index < -0.39 is 17.6 Å². The number of aromatic nitrogens is 2. The predicted octanol–water partition coefficient (Wildman–Crippen LogP) is 6.67. The van der Waals surface area contributed by atoms with Gasteiger partial charge < -0.3 is 24.9 Å². The first kappa shape index (κ1) is 31.4. The third kappa shape index (κ3) is 6.80. The maximum Gasteiger partial charge on any atom is 0.415 e. The Labute approximate surface area is 272 Å². The van der Waals surface area contributed by atoms with Crippen LogP contribution in [0.3, 0.4) is 0 Å². The second-order valence-electron chi connectivity index (χ2n) is 12.1. The molecule has 3 N–H and O–H groups in total. The van der Waals surface area contributed by atoms with E-state index in [0.717, 1.165) is 11.2 Å². The molecular formula is C36H37ClN4O5. The average Bonchev–Trinajstić information content (AvgIpc) is 3.43. The molecular weight excluding hydrogens is 604 g/mol. The Morgan fingerprint density at radius 1 is 1.22 bits per heavy atom. The average molecular weight is 641 g/mol. The van der Waals surface area contributed by atoms with Crippen molar-refractivity contribution in [1.29, 1.82) is 0 Å². The van der Waals surface area contributed by atoms with Gasteiger partial charge in [-0.25, -0.2) is 4.79 Å². The van der Waals surface area contributed by atoms with Crippen LogP contribution in [0.15, 0.2) is 91.0 Å². The van der Waals surface area contributed by atoms with Crippen molar-refractivity contribution in [3.63, 3.8) is 0 Å². The number of nitrogens with one attached hydrogen (secondary N) is 2. The number of ether oxygens (including phenoxy) is 2. The van der Waals surface area contributed by atoms with E-state index in [2.05, 4.69) is 53.4 Å². The Balaban J connectivity index is 1.14. The molecule has 0 spiro atoms. The van der Waals surface area contributed by atoms with Gasteiger partial charge in [-0.3, -0.25) is 14.7 Å². The number of aryl methyl sites for hydroxylation is 1. The van der Waals surface area contributed by atoms with Crippen molar-refractivity contribution in [3.05, 3.63) is 118 Å². The van der Waals surface area contributed by atoms with Crippen molar-refractivity contribution >= 4 is 34.5 Å². The van der Waals surface area contributed by atoms with Crippen molar-refractivity contribution in [2.75, 3.05) is 19.7 Å². The zero-order valence-corrected chi connectivity index (χ0v) is 26.6. The molecule has 9 nitrogen and oxygen atoms in total. The summed E-state index contributed by atoms with van der Waals surface area (Å²) in [6.45, 7) is 5.14. The molecule has 0 saturated heterocycles. The topological polar surface area (TPSA) is 117 Å². The molecule has 4 aromatic rings. The SMILES string of the molecule is Cc1ccc2[nH]c3c(c2c1)CCN(C(=O)Oc1ccc(Cl)cc1)[C@H]3C1(C)C=CC(OCCC(O)CNC(=O)c2cccnc2)=CC1. The molecule has 0 bridgehead atoms. The summed E-state index contributed by atoms with van der Waals surface area (Å²) >= 11 is 6.04. The fourth-order valence-corrected chi connectivity index (χ4v) is 6.34. The number of pyridine rings is 1. The van der Waals surface area contributed by atoms with E-state index in [1.165, 1.54) is 22.7 Å². The summed E-state index contributed by atoms with van der Waals surface area (Å²) in [4.78, 5) is 35.3. The van der Waals surface area contributed by atoms with Crippen molar-refractivity contribution in [1.82, 2.24) is 20.2 Å². The summed E-state index contributed by atoms with van der Waals surface area (Å²) in [6, 6.07) is 16.2. The highest BCUT2D eigenvalue weighted by Gasteiger charge is 2.45. The van der Waals surface area contributed by atoms with Gasteiger partial charge in [-0.1, -0.05) is 36.2 Å². The Hall–Kier alpha value is -4.60. The smallest absolute Gasteiger partial charge is 0.415 e. The number of nitrogens with zero attached hydrogens (tertiary/aromatic N) is 2. The van der Waals surface area contributed by atoms with Gasteiger partial charge in [0.15, 0.2) is 0 Å². The standard InChI is InChI=1S/C36H37ClN4O5/c1-23-5-10-31-30(20-23)29-13-18-41(35(44)46-28-8-6-25(37)7-9-28)33(32(29)40-31)36(2)15-11-27(12-16-36)45-19-14-26(42)22-39-34(43)24-4-3-17-38-21-24/h3-12,15,17,20-21,26,33,40,42H,13-14,16,18-19,22H2,1-2H3,(H,39,43)/t26?,33-,36?/m1/s1. The van der Waals surface area contributed by atoms with Crippen LogP contribution in [0.1, 0.15) is 53.0 Å². The quantitative estimate of drug-likeness (QED) is 0.188. The number of halogens is 1. The van der Waals surface area contributed by atoms with E-state index in [1.807, 2.05) is 17.1 Å². The number of amides is 2. The summed E-state index contributed by atoms with van der Waals surface area (Å²) in [5.74, 6) is 0.847. The monoisotopic (exact) mass is 640 g/mol. The minimum atomic E-state index is -0.759. The summed E-state index contributed by atoms with van der Waals surface area (Å²) in [5.41, 5.74) is 4.45. The van der Waals surface area contributed by atoms with Crippen molar-refractivity contribution < 1.29 is 24.2 Å². The molecule has 10 heteroatoms. The minimum Gasteiger partial charge on any atom is -0.494 e. The molecule has 46 heavy (non-hydrogen) atoms. The van der Waals surface area contributed by atoms with Gasteiger partial charge in [0.1, 0.15) is 11.5 Å². The number of hydrogen-bond acceptors (Lipinski definition) is 6. The van der Waals surface area contributed by atoms with Gasteiger partial charge in [0, 0.05) is 58.9 Å². The van der Waals surface area contributed by atoms with Gasteiger partial charge in [-0.2, -0.15) is 0 Å². The first-order valence-electron chi connectivity index (χ1n) is 15.4. The van der Waals surface area contributed by atoms with Crippen LogP contribution in [-0.2, 0) is 11.2 Å². The molecule has 2 amide bonds. The number of hydrogen-bond donors (Lipinski definition) is 3. The Morgan fingerprint density at radius 3 is 2.78 bits per heavy atom. The third-order valence-corrected chi connectivity index (χ3v) is 8.93. The molecule has 3 atom stereocenters. The predicted molar refractivity (Wildman–Crippen MR) is 177 cm³/mol. The fourth-order valence-electron chi connectivity index (χ4n) is 6.21. The zero-order chi connectivity index (χ0) is 32.3. The molecule has 2 unspecified atom stereocenters. The van der Waals surface area contributed by atoms with E-state index in [1.54, 1.807) is 42.6 Å². The van der Waals surface area contributed by atoms with Crippen LogP contribution in [-0.4, -0.2) is 57.8 Å². The highest BCUT2D eigenvalue weighted by Crippen LogP contribution is 2.49. The van der Waals surface area contributed by atoms with Gasteiger partial charge in [0.25, 0.3) is 5.91 Å². The van der Waals surface area contributed by atoms with Gasteiger partial charge in [0.05, 0.1) is 24.3 Å². The second kappa shape index (κ2) is 13.4. The van der Waals surface area contributed by atoms with Crippen LogP contribution in [0.5, 0.6) is 5.75 Å². The number of aromatic amines is 1. The van der Waals surface area contributed by atoms with Gasteiger partial charge in [0.2, 0.25) is 0 Å². The number of carbonyl (C=O) groups excluding carboxylic acids is 2. The van der Waals surface area contributed by atoms with E-state index in [-0.39, 0.29) is 25.1 Å². The maximum absolute atomic E-state index is 13.7. The van der Waals surface area contributed by atoms with Crippen LogP contribution >= 0.6 is 11.6 Å². The highest BCUT2D eigenvalue weighted by molar-refractivity contribution is 6.30. The van der Waals surface area contributed by atoms with Gasteiger partial charge in [-0.05, 0) is 86.0 Å². The van der Waals surface area contributed by atoms with Crippen LogP contribution in [0, 0.1) is 12.3 Å². The number of aliphatic hydroxyl groups excluding tert-OH is 1. The lowest BCUT2D eigenvalue weighted by Gasteiger charge is -2.45. The summed E-state index contributed by atoms with van der Waals surface area (Å²) < 4.78 is 11.8. The normalized spacial score (nSPS) is 19.7. The van der Waals surface area contributed by atoms with Gasteiger partial charge >= 0.3 is 6.09 Å². The number of rotatable bonds is 9. The molecule has 2 aromatic heterocycles. The van der Waals surface area contributed by atoms with Crippen LogP contribution in [0.4, 0.5) is 4.79 Å². The van der Waals surface area contributed by atoms with Crippen molar-refractivity contribution in [2.45, 2.75) is 45.3 Å². The molecule has 1 aliphatic heterocycles. The summed E-state index contributed by atoms with van der Waals surface area (Å²) in [5, 5.41) is 14.9. The van der Waals surface area contributed by atoms with E-state index in [0.29, 0.717) is 47.9 Å². The lowest BCUT2D eigenvalue weighted by atomic mass is 9.72. The largest absolute Gasteiger partial charge is 0.494 e. The fraction of sp³-hybridized carbons (Fsp3) is 0.306. The number of carbonyl (C=O) groups is 2. The lowest BCUT2D eigenvalue weighted by molar-refractivity contribution is 0.0806. The number of H-pyrrole nitrogens is 1. The molecule has 238 valence electrons. The zero-order valence-electron chi connectivity index (χ0n) is 25.8. The first-order valence-corrected chi connectivity index (χ1v) is 15.8. The Kier molecular flexibility index (Phi) is 9.15. The second-order valence-corrected chi connectivity index (χ2v) is 12.6. The molecule has 0 fully saturated rings. The third-order valence-electron chi connectivity index (χ3n) is 8.67. The van der Waals surface area contributed by atoms with E-state index >= 15 is 0 Å². The van der Waals surface area contributed by atoms with Crippen molar-refractivity contribution in [2.24, 2.45) is 5.41 Å². The summed E-state index contributed by atoms with van der Waals surface area (Å²) in [6.07, 6.45) is 9.64. The molecule has 2 aliphatic rings. The molecule has 3 heterocycles. The first-order chi connectivity index (χ1) is 22.2. The van der Waals surface area contributed by atoms with Crippen molar-refractivity contribution in [3.8, 4) is 5.75 Å². The number of fused-ring (bicyclic) bond motifs is 3. The molecule has 6 rings (SSSR count). The number of benzene rings is 2. The maximum atomic E-state index is 13.7. The Morgan fingerprint density at radius 2 is 2.04 bits per heavy atom. The summed E-state index contributed by atoms with van der Waals surface area (Å²) in [7, 11) is 0. The van der Waals surface area contributed by atoms with Gasteiger partial charge in [-0.15, -0.1) is 0 Å². The molecule has 2 aromatic carbocycles. The highest BCUT2D eigenvalue weighted by atomic mass is 35.5. The molecule has 0 radical (unpaired) electrons. The number of aliphatic hydroxyl groups is 1. The number of allylic oxidation sites excluding steroid dienone is 2. The van der Waals surface area contributed by atoms with Crippen LogP contribution in [0.25, 0.3) is 10.9 Å². The minimum absolute atomic E-state index is 0.111. The molecule has 0 saturated carbocycles. The van der Waals surface area contributed by atoms with Crippen LogP contribution < -0.4 is 10.1 Å². The molecule has 1 aliphatic carbocycles.